The highest BCUT2D eigenvalue weighted by Gasteiger charge is 2.15. The van der Waals surface area contributed by atoms with Gasteiger partial charge in [-0.25, -0.2) is 0 Å². The lowest BCUT2D eigenvalue weighted by Gasteiger charge is -2.12. The first-order chi connectivity index (χ1) is 14.1. The standard InChI is InChI=1S/C22H18N4O3/c1-29-17-9-6-14(7-10-17)21(27)25-20-5-3-2-4-18(20)22(28)24-16-8-11-19-15(12-16)13-23-26-19/h2-13H,1H3,(H,23,26)(H,24,28)(H,25,27). The summed E-state index contributed by atoms with van der Waals surface area (Å²) in [6, 6.07) is 19.1. The van der Waals surface area contributed by atoms with Gasteiger partial charge in [-0.05, 0) is 54.6 Å². The quantitative estimate of drug-likeness (QED) is 0.482. The molecule has 0 radical (unpaired) electrons. The third kappa shape index (κ3) is 3.93. The Kier molecular flexibility index (Phi) is 4.94. The lowest BCUT2D eigenvalue weighted by molar-refractivity contribution is 0.102. The number of hydrogen-bond acceptors (Lipinski definition) is 4. The Bertz CT molecular complexity index is 1180. The topological polar surface area (TPSA) is 96.1 Å². The third-order valence-corrected chi connectivity index (χ3v) is 4.47. The molecule has 0 aliphatic carbocycles. The van der Waals surface area contributed by atoms with Gasteiger partial charge in [0.15, 0.2) is 0 Å². The van der Waals surface area contributed by atoms with Crippen molar-refractivity contribution < 1.29 is 14.3 Å². The number of ether oxygens (including phenoxy) is 1. The maximum Gasteiger partial charge on any atom is 0.257 e. The Morgan fingerprint density at radius 1 is 0.931 bits per heavy atom. The summed E-state index contributed by atoms with van der Waals surface area (Å²) >= 11 is 0. The Labute approximate surface area is 166 Å². The first-order valence-electron chi connectivity index (χ1n) is 8.93. The molecule has 0 bridgehead atoms. The van der Waals surface area contributed by atoms with Gasteiger partial charge in [0, 0.05) is 16.6 Å². The zero-order chi connectivity index (χ0) is 20.2. The summed E-state index contributed by atoms with van der Waals surface area (Å²) in [4.78, 5) is 25.4. The smallest absolute Gasteiger partial charge is 0.257 e. The van der Waals surface area contributed by atoms with Crippen LogP contribution >= 0.6 is 0 Å². The van der Waals surface area contributed by atoms with E-state index < -0.39 is 0 Å². The lowest BCUT2D eigenvalue weighted by atomic mass is 10.1. The van der Waals surface area contributed by atoms with Crippen molar-refractivity contribution in [1.29, 1.82) is 0 Å². The molecule has 4 rings (SSSR count). The number of nitrogens with zero attached hydrogens (tertiary/aromatic N) is 1. The Morgan fingerprint density at radius 2 is 1.72 bits per heavy atom. The first kappa shape index (κ1) is 18.2. The second kappa shape index (κ2) is 7.85. The van der Waals surface area contributed by atoms with Crippen molar-refractivity contribution in [1.82, 2.24) is 10.2 Å². The van der Waals surface area contributed by atoms with Gasteiger partial charge < -0.3 is 15.4 Å². The third-order valence-electron chi connectivity index (χ3n) is 4.47. The molecule has 0 aliphatic heterocycles. The number of aromatic amines is 1. The van der Waals surface area contributed by atoms with Crippen LogP contribution in [0.4, 0.5) is 11.4 Å². The van der Waals surface area contributed by atoms with Crippen LogP contribution in [0.15, 0.2) is 72.9 Å². The number of carbonyl (C=O) groups excluding carboxylic acids is 2. The molecule has 1 aromatic heterocycles. The van der Waals surface area contributed by atoms with Crippen molar-refractivity contribution in [3.63, 3.8) is 0 Å². The van der Waals surface area contributed by atoms with E-state index in [-0.39, 0.29) is 11.8 Å². The van der Waals surface area contributed by atoms with E-state index in [4.69, 9.17) is 4.74 Å². The Morgan fingerprint density at radius 3 is 2.52 bits per heavy atom. The molecule has 2 amide bonds. The molecule has 1 heterocycles. The molecule has 4 aromatic rings. The fourth-order valence-electron chi connectivity index (χ4n) is 2.95. The van der Waals surface area contributed by atoms with Gasteiger partial charge in [0.2, 0.25) is 0 Å². The number of hydrogen-bond donors (Lipinski definition) is 3. The van der Waals surface area contributed by atoms with Crippen LogP contribution in [0.3, 0.4) is 0 Å². The van der Waals surface area contributed by atoms with Crippen molar-refractivity contribution in [2.24, 2.45) is 0 Å². The van der Waals surface area contributed by atoms with E-state index in [0.717, 1.165) is 10.9 Å². The van der Waals surface area contributed by atoms with Crippen molar-refractivity contribution in [2.75, 3.05) is 17.7 Å². The normalized spacial score (nSPS) is 10.5. The van der Waals surface area contributed by atoms with Crippen molar-refractivity contribution in [3.8, 4) is 5.75 Å². The van der Waals surface area contributed by atoms with Gasteiger partial charge in [0.05, 0.1) is 30.1 Å². The molecule has 3 N–H and O–H groups in total. The van der Waals surface area contributed by atoms with Gasteiger partial charge in [-0.15, -0.1) is 0 Å². The maximum absolute atomic E-state index is 12.8. The van der Waals surface area contributed by atoms with Gasteiger partial charge in [0.1, 0.15) is 5.75 Å². The van der Waals surface area contributed by atoms with E-state index in [2.05, 4.69) is 20.8 Å². The minimum Gasteiger partial charge on any atom is -0.497 e. The summed E-state index contributed by atoms with van der Waals surface area (Å²) in [6.07, 6.45) is 1.69. The van der Waals surface area contributed by atoms with E-state index in [1.165, 1.54) is 0 Å². The van der Waals surface area contributed by atoms with E-state index in [9.17, 15) is 9.59 Å². The molecule has 0 spiro atoms. The van der Waals surface area contributed by atoms with E-state index in [1.54, 1.807) is 67.9 Å². The largest absolute Gasteiger partial charge is 0.497 e. The second-order valence-electron chi connectivity index (χ2n) is 6.35. The molecule has 0 atom stereocenters. The number of carbonyl (C=O) groups is 2. The minimum atomic E-state index is -0.321. The number of benzene rings is 3. The number of aromatic nitrogens is 2. The molecule has 0 saturated heterocycles. The summed E-state index contributed by atoms with van der Waals surface area (Å²) in [7, 11) is 1.56. The SMILES string of the molecule is COc1ccc(C(=O)Nc2ccccc2C(=O)Nc2ccc3[nH]ncc3c2)cc1. The molecule has 0 fully saturated rings. The van der Waals surface area contributed by atoms with Crippen molar-refractivity contribution in [2.45, 2.75) is 0 Å². The summed E-state index contributed by atoms with van der Waals surface area (Å²) in [5.41, 5.74) is 2.78. The van der Waals surface area contributed by atoms with Crippen LogP contribution in [0.5, 0.6) is 5.75 Å². The second-order valence-corrected chi connectivity index (χ2v) is 6.35. The highest BCUT2D eigenvalue weighted by Crippen LogP contribution is 2.21. The van der Waals surface area contributed by atoms with Crippen LogP contribution < -0.4 is 15.4 Å². The van der Waals surface area contributed by atoms with Crippen molar-refractivity contribution in [3.05, 3.63) is 84.1 Å². The van der Waals surface area contributed by atoms with Crippen molar-refractivity contribution >= 4 is 34.1 Å². The first-order valence-corrected chi connectivity index (χ1v) is 8.93. The Hall–Kier alpha value is -4.13. The molecule has 0 saturated carbocycles. The Balaban J connectivity index is 1.53. The minimum absolute atomic E-state index is 0.312. The number of fused-ring (bicyclic) bond motifs is 1. The highest BCUT2D eigenvalue weighted by molar-refractivity contribution is 6.12. The summed E-state index contributed by atoms with van der Waals surface area (Å²) in [5.74, 6) is 0.0297. The molecule has 3 aromatic carbocycles. The zero-order valence-corrected chi connectivity index (χ0v) is 15.6. The highest BCUT2D eigenvalue weighted by atomic mass is 16.5. The molecule has 144 valence electrons. The van der Waals surface area contributed by atoms with Crippen LogP contribution in [0, 0.1) is 0 Å². The van der Waals surface area contributed by atoms with Gasteiger partial charge >= 0.3 is 0 Å². The van der Waals surface area contributed by atoms with Crippen LogP contribution in [-0.2, 0) is 0 Å². The monoisotopic (exact) mass is 386 g/mol. The fraction of sp³-hybridized carbons (Fsp3) is 0.0455. The average molecular weight is 386 g/mol. The van der Waals surface area contributed by atoms with Gasteiger partial charge in [0.25, 0.3) is 11.8 Å². The summed E-state index contributed by atoms with van der Waals surface area (Å²) in [5, 5.41) is 13.4. The fourth-order valence-corrected chi connectivity index (χ4v) is 2.95. The maximum atomic E-state index is 12.8. The zero-order valence-electron chi connectivity index (χ0n) is 15.6. The molecule has 7 heteroatoms. The lowest BCUT2D eigenvalue weighted by Crippen LogP contribution is -2.18. The van der Waals surface area contributed by atoms with Gasteiger partial charge in [-0.1, -0.05) is 12.1 Å². The number of para-hydroxylation sites is 1. The number of rotatable bonds is 5. The molecule has 7 nitrogen and oxygen atoms in total. The molecular weight excluding hydrogens is 368 g/mol. The van der Waals surface area contributed by atoms with Crippen LogP contribution in [0.2, 0.25) is 0 Å². The number of methoxy groups -OCH3 is 1. The average Bonchev–Trinajstić information content (AvgIpc) is 3.22. The molecule has 29 heavy (non-hydrogen) atoms. The molecular formula is C22H18N4O3. The predicted octanol–water partition coefficient (Wildman–Crippen LogP) is 4.08. The number of H-pyrrole nitrogens is 1. The summed E-state index contributed by atoms with van der Waals surface area (Å²) in [6.45, 7) is 0. The van der Waals surface area contributed by atoms with E-state index >= 15 is 0 Å². The van der Waals surface area contributed by atoms with Crippen LogP contribution in [0.25, 0.3) is 10.9 Å². The number of amides is 2. The van der Waals surface area contributed by atoms with Gasteiger partial charge in [-0.2, -0.15) is 5.10 Å². The van der Waals surface area contributed by atoms with Gasteiger partial charge in [-0.3, -0.25) is 14.7 Å². The number of anilines is 2. The van der Waals surface area contributed by atoms with Crippen LogP contribution in [-0.4, -0.2) is 29.1 Å². The number of nitrogens with one attached hydrogen (secondary N) is 3. The predicted molar refractivity (Wildman–Crippen MR) is 111 cm³/mol. The summed E-state index contributed by atoms with van der Waals surface area (Å²) < 4.78 is 5.11. The molecule has 0 unspecified atom stereocenters. The van der Waals surface area contributed by atoms with E-state index in [1.807, 2.05) is 12.1 Å². The van der Waals surface area contributed by atoms with Crippen LogP contribution in [0.1, 0.15) is 20.7 Å². The molecule has 0 aliphatic rings. The van der Waals surface area contributed by atoms with E-state index in [0.29, 0.717) is 28.3 Å².